The maximum Gasteiger partial charge on any atom is 0.273 e. The summed E-state index contributed by atoms with van der Waals surface area (Å²) in [5, 5.41) is 10.5. The van der Waals surface area contributed by atoms with Gasteiger partial charge in [-0.3, -0.25) is 19.6 Å². The van der Waals surface area contributed by atoms with Gasteiger partial charge in [0, 0.05) is 49.7 Å². The minimum absolute atomic E-state index is 0.0675. The molecular weight excluding hydrogens is 390 g/mol. The van der Waals surface area contributed by atoms with Gasteiger partial charge in [-0.1, -0.05) is 29.8 Å². The van der Waals surface area contributed by atoms with E-state index in [9.17, 15) is 9.59 Å². The van der Waals surface area contributed by atoms with Crippen LogP contribution in [0, 0.1) is 0 Å². The van der Waals surface area contributed by atoms with E-state index in [1.54, 1.807) is 0 Å². The minimum Gasteiger partial charge on any atom is -0.349 e. The second-order valence-corrected chi connectivity index (χ2v) is 8.58. The molecule has 2 aliphatic heterocycles. The molecule has 2 amide bonds. The third kappa shape index (κ3) is 3.53. The van der Waals surface area contributed by atoms with Crippen molar-refractivity contribution in [3.8, 4) is 0 Å². The van der Waals surface area contributed by atoms with E-state index in [0.29, 0.717) is 29.6 Å². The summed E-state index contributed by atoms with van der Waals surface area (Å²) in [5.41, 5.74) is 1.85. The Balaban J connectivity index is 1.25. The van der Waals surface area contributed by atoms with Crippen molar-refractivity contribution in [2.45, 2.75) is 37.3 Å². The number of hydrogen-bond acceptors (Lipinski definition) is 4. The number of nitrogens with one attached hydrogen (secondary N) is 2. The fourth-order valence-corrected chi connectivity index (χ4v) is 4.79. The number of hydrogen-bond donors (Lipinski definition) is 2. The van der Waals surface area contributed by atoms with Crippen molar-refractivity contribution >= 4 is 23.4 Å². The fourth-order valence-electron chi connectivity index (χ4n) is 4.46. The first kappa shape index (κ1) is 18.6. The number of amides is 2. The van der Waals surface area contributed by atoms with Gasteiger partial charge in [0.2, 0.25) is 0 Å². The van der Waals surface area contributed by atoms with Crippen LogP contribution in [0.4, 0.5) is 0 Å². The number of piperazine rings is 1. The molecule has 29 heavy (non-hydrogen) atoms. The van der Waals surface area contributed by atoms with Gasteiger partial charge in [-0.2, -0.15) is 5.10 Å². The van der Waals surface area contributed by atoms with Crippen LogP contribution in [0.3, 0.4) is 0 Å². The van der Waals surface area contributed by atoms with Crippen molar-refractivity contribution in [1.29, 1.82) is 0 Å². The second kappa shape index (κ2) is 7.46. The fraction of sp³-hybridized carbons (Fsp3) is 0.476. The topological polar surface area (TPSA) is 81.3 Å². The number of nitrogens with zero attached hydrogens (tertiary/aromatic N) is 3. The van der Waals surface area contributed by atoms with Crippen LogP contribution >= 0.6 is 11.6 Å². The number of halogens is 1. The van der Waals surface area contributed by atoms with Crippen LogP contribution in [0.2, 0.25) is 5.02 Å². The lowest BCUT2D eigenvalue weighted by Gasteiger charge is -2.40. The summed E-state index contributed by atoms with van der Waals surface area (Å²) < 4.78 is 0. The van der Waals surface area contributed by atoms with Gasteiger partial charge >= 0.3 is 0 Å². The second-order valence-electron chi connectivity index (χ2n) is 8.20. The van der Waals surface area contributed by atoms with Crippen LogP contribution in [0.5, 0.6) is 0 Å². The number of benzene rings is 1. The molecule has 7 nitrogen and oxygen atoms in total. The van der Waals surface area contributed by atoms with E-state index in [2.05, 4.69) is 20.4 Å². The molecule has 0 radical (unpaired) electrons. The Kier molecular flexibility index (Phi) is 4.80. The monoisotopic (exact) mass is 413 g/mol. The summed E-state index contributed by atoms with van der Waals surface area (Å²) in [4.78, 5) is 30.0. The molecule has 1 aliphatic carbocycles. The average molecular weight is 414 g/mol. The molecule has 2 aromatic rings. The molecule has 3 heterocycles. The van der Waals surface area contributed by atoms with Crippen LogP contribution < -0.4 is 5.32 Å². The van der Waals surface area contributed by atoms with E-state index < -0.39 is 0 Å². The first-order valence-electron chi connectivity index (χ1n) is 10.2. The Morgan fingerprint density at radius 2 is 1.97 bits per heavy atom. The first-order valence-corrected chi connectivity index (χ1v) is 10.6. The normalized spacial score (nSPS) is 25.8. The smallest absolute Gasteiger partial charge is 0.273 e. The number of H-pyrrole nitrogens is 1. The third-order valence-electron chi connectivity index (χ3n) is 6.27. The third-order valence-corrected chi connectivity index (χ3v) is 6.66. The van der Waals surface area contributed by atoms with Crippen LogP contribution in [0.25, 0.3) is 0 Å². The molecule has 1 saturated carbocycles. The SMILES string of the molecule is O=C(NC[C@@H]1CN(C(=O)c2ccccc2)[C@H]2CCN1C2)c1n[nH]c(C2CC2)c1Cl. The maximum absolute atomic E-state index is 13.0. The lowest BCUT2D eigenvalue weighted by Crippen LogP contribution is -2.57. The molecule has 5 rings (SSSR count). The Labute approximate surface area is 174 Å². The van der Waals surface area contributed by atoms with E-state index in [4.69, 9.17) is 11.6 Å². The zero-order valence-electron chi connectivity index (χ0n) is 16.1. The number of carbonyl (C=O) groups is 2. The number of aromatic amines is 1. The predicted octanol–water partition coefficient (Wildman–Crippen LogP) is 2.27. The lowest BCUT2D eigenvalue weighted by atomic mass is 10.1. The van der Waals surface area contributed by atoms with Crippen molar-refractivity contribution in [1.82, 2.24) is 25.3 Å². The number of rotatable bonds is 5. The highest BCUT2D eigenvalue weighted by Gasteiger charge is 2.41. The Morgan fingerprint density at radius 3 is 2.72 bits per heavy atom. The summed E-state index contributed by atoms with van der Waals surface area (Å²) in [5.74, 6) is 0.215. The average Bonchev–Trinajstić information content (AvgIpc) is 3.40. The van der Waals surface area contributed by atoms with E-state index in [-0.39, 0.29) is 29.6 Å². The quantitative estimate of drug-likeness (QED) is 0.787. The van der Waals surface area contributed by atoms with Crippen molar-refractivity contribution in [2.75, 3.05) is 26.2 Å². The van der Waals surface area contributed by atoms with Crippen molar-refractivity contribution in [2.24, 2.45) is 0 Å². The molecule has 3 atom stereocenters. The highest BCUT2D eigenvalue weighted by atomic mass is 35.5. The van der Waals surface area contributed by atoms with E-state index in [0.717, 1.165) is 38.0 Å². The lowest BCUT2D eigenvalue weighted by molar-refractivity contribution is 0.0493. The van der Waals surface area contributed by atoms with E-state index in [1.165, 1.54) is 0 Å². The van der Waals surface area contributed by atoms with Gasteiger partial charge in [0.25, 0.3) is 11.8 Å². The summed E-state index contributed by atoms with van der Waals surface area (Å²) >= 11 is 6.35. The largest absolute Gasteiger partial charge is 0.349 e. The molecule has 1 aromatic heterocycles. The van der Waals surface area contributed by atoms with Crippen LogP contribution in [-0.4, -0.2) is 70.1 Å². The summed E-state index contributed by atoms with van der Waals surface area (Å²) in [6.45, 7) is 2.87. The molecule has 0 spiro atoms. The zero-order valence-corrected chi connectivity index (χ0v) is 16.9. The summed E-state index contributed by atoms with van der Waals surface area (Å²) in [6.07, 6.45) is 3.15. The van der Waals surface area contributed by atoms with Crippen molar-refractivity contribution in [3.05, 3.63) is 52.3 Å². The molecule has 3 fully saturated rings. The first-order chi connectivity index (χ1) is 14.1. The maximum atomic E-state index is 13.0. The molecule has 2 saturated heterocycles. The number of fused-ring (bicyclic) bond motifs is 2. The van der Waals surface area contributed by atoms with Gasteiger partial charge in [-0.05, 0) is 31.4 Å². The standard InChI is InChI=1S/C21H24ClN5O2/c22-17-18(13-6-7-13)24-25-19(17)20(28)23-10-16-12-27(15-8-9-26(16)11-15)21(29)14-4-2-1-3-5-14/h1-5,13,15-16H,6-12H2,(H,23,28)(H,24,25)/t15-,16+/m0/s1. The van der Waals surface area contributed by atoms with Gasteiger partial charge < -0.3 is 10.2 Å². The van der Waals surface area contributed by atoms with Crippen LogP contribution in [0.15, 0.2) is 30.3 Å². The number of aromatic nitrogens is 2. The molecule has 152 valence electrons. The van der Waals surface area contributed by atoms with Crippen LogP contribution in [0.1, 0.15) is 51.7 Å². The molecular formula is C21H24ClN5O2. The van der Waals surface area contributed by atoms with Gasteiger partial charge in [-0.15, -0.1) is 0 Å². The van der Waals surface area contributed by atoms with Gasteiger partial charge in [-0.25, -0.2) is 0 Å². The summed E-state index contributed by atoms with van der Waals surface area (Å²) in [6, 6.07) is 9.74. The molecule has 1 aromatic carbocycles. The Morgan fingerprint density at radius 1 is 1.17 bits per heavy atom. The molecule has 8 heteroatoms. The highest BCUT2D eigenvalue weighted by molar-refractivity contribution is 6.34. The van der Waals surface area contributed by atoms with E-state index in [1.807, 2.05) is 35.2 Å². The molecule has 3 aliphatic rings. The molecule has 1 unspecified atom stereocenters. The van der Waals surface area contributed by atoms with E-state index >= 15 is 0 Å². The summed E-state index contributed by atoms with van der Waals surface area (Å²) in [7, 11) is 0. The van der Waals surface area contributed by atoms with Crippen molar-refractivity contribution in [3.63, 3.8) is 0 Å². The minimum atomic E-state index is -0.264. The number of carbonyl (C=O) groups excluding carboxylic acids is 2. The van der Waals surface area contributed by atoms with Gasteiger partial charge in [0.1, 0.15) is 0 Å². The van der Waals surface area contributed by atoms with Crippen molar-refractivity contribution < 1.29 is 9.59 Å². The predicted molar refractivity (Wildman–Crippen MR) is 109 cm³/mol. The zero-order chi connectivity index (χ0) is 20.0. The molecule has 2 bridgehead atoms. The molecule has 2 N–H and O–H groups in total. The van der Waals surface area contributed by atoms with Gasteiger partial charge in [0.15, 0.2) is 5.69 Å². The Hall–Kier alpha value is -2.38. The van der Waals surface area contributed by atoms with Gasteiger partial charge in [0.05, 0.1) is 10.7 Å². The van der Waals surface area contributed by atoms with Crippen LogP contribution in [-0.2, 0) is 0 Å². The Bertz CT molecular complexity index is 926. The highest BCUT2D eigenvalue weighted by Crippen LogP contribution is 2.42.